The number of aromatic nitrogens is 1. The van der Waals surface area contributed by atoms with Crippen molar-refractivity contribution in [2.75, 3.05) is 17.7 Å². The number of non-ortho nitro benzene ring substituents is 1. The molecule has 0 radical (unpaired) electrons. The number of oxazole rings is 1. The van der Waals surface area contributed by atoms with Crippen LogP contribution in [0.2, 0.25) is 0 Å². The van der Waals surface area contributed by atoms with E-state index in [4.69, 9.17) is 4.42 Å². The first-order valence-corrected chi connectivity index (χ1v) is 6.15. The van der Waals surface area contributed by atoms with Crippen LogP contribution in [0.25, 0.3) is 0 Å². The fourth-order valence-electron chi connectivity index (χ4n) is 1.83. The SMILES string of the molecule is CNc1cc(NC(C)c2ncc(C)o2)cc([N+](=O)[O-])c1. The smallest absolute Gasteiger partial charge is 0.273 e. The van der Waals surface area contributed by atoms with Crippen molar-refractivity contribution in [2.24, 2.45) is 0 Å². The van der Waals surface area contributed by atoms with E-state index >= 15 is 0 Å². The maximum atomic E-state index is 10.9. The third-order valence-corrected chi connectivity index (χ3v) is 2.81. The van der Waals surface area contributed by atoms with Crippen LogP contribution in [0.3, 0.4) is 0 Å². The van der Waals surface area contributed by atoms with Gasteiger partial charge in [0, 0.05) is 30.6 Å². The lowest BCUT2D eigenvalue weighted by Gasteiger charge is -2.13. The Morgan fingerprint density at radius 3 is 2.60 bits per heavy atom. The molecular formula is C13H16N4O3. The minimum absolute atomic E-state index is 0.0233. The number of benzene rings is 1. The first-order chi connectivity index (χ1) is 9.49. The van der Waals surface area contributed by atoms with Crippen molar-refractivity contribution >= 4 is 17.1 Å². The number of anilines is 2. The quantitative estimate of drug-likeness (QED) is 0.643. The summed E-state index contributed by atoms with van der Waals surface area (Å²) in [7, 11) is 1.71. The van der Waals surface area contributed by atoms with Crippen LogP contribution in [0.4, 0.5) is 17.1 Å². The first-order valence-electron chi connectivity index (χ1n) is 6.15. The topological polar surface area (TPSA) is 93.2 Å². The average molecular weight is 276 g/mol. The van der Waals surface area contributed by atoms with E-state index in [1.54, 1.807) is 19.3 Å². The average Bonchev–Trinajstić information content (AvgIpc) is 2.85. The van der Waals surface area contributed by atoms with Gasteiger partial charge in [0.2, 0.25) is 5.89 Å². The lowest BCUT2D eigenvalue weighted by molar-refractivity contribution is -0.384. The van der Waals surface area contributed by atoms with Gasteiger partial charge in [-0.25, -0.2) is 4.98 Å². The van der Waals surface area contributed by atoms with E-state index in [2.05, 4.69) is 15.6 Å². The fourth-order valence-corrected chi connectivity index (χ4v) is 1.83. The van der Waals surface area contributed by atoms with Gasteiger partial charge in [-0.15, -0.1) is 0 Å². The van der Waals surface area contributed by atoms with Crippen molar-refractivity contribution in [1.82, 2.24) is 4.98 Å². The van der Waals surface area contributed by atoms with Crippen molar-refractivity contribution in [3.8, 4) is 0 Å². The molecule has 2 aromatic rings. The van der Waals surface area contributed by atoms with Gasteiger partial charge in [0.05, 0.1) is 11.1 Å². The van der Waals surface area contributed by atoms with Crippen LogP contribution in [0.5, 0.6) is 0 Å². The third kappa shape index (κ3) is 3.05. The highest BCUT2D eigenvalue weighted by Gasteiger charge is 2.14. The Kier molecular flexibility index (Phi) is 3.88. The number of nitro groups is 1. The van der Waals surface area contributed by atoms with Crippen molar-refractivity contribution < 1.29 is 9.34 Å². The Balaban J connectivity index is 2.24. The molecule has 1 aromatic carbocycles. The highest BCUT2D eigenvalue weighted by molar-refractivity contribution is 5.63. The lowest BCUT2D eigenvalue weighted by atomic mass is 10.2. The second-order valence-electron chi connectivity index (χ2n) is 4.45. The predicted molar refractivity (Wildman–Crippen MR) is 75.9 cm³/mol. The molecule has 7 nitrogen and oxygen atoms in total. The summed E-state index contributed by atoms with van der Waals surface area (Å²) in [5, 5.41) is 16.9. The first kappa shape index (κ1) is 13.9. The second kappa shape index (κ2) is 5.60. The number of hydrogen-bond donors (Lipinski definition) is 2. The number of aryl methyl sites for hydroxylation is 1. The molecule has 1 aromatic heterocycles. The molecule has 1 heterocycles. The molecule has 2 N–H and O–H groups in total. The summed E-state index contributed by atoms with van der Waals surface area (Å²) >= 11 is 0. The van der Waals surface area contributed by atoms with E-state index in [-0.39, 0.29) is 11.7 Å². The largest absolute Gasteiger partial charge is 0.444 e. The second-order valence-corrected chi connectivity index (χ2v) is 4.45. The van der Waals surface area contributed by atoms with Gasteiger partial charge in [0.25, 0.3) is 5.69 Å². The normalized spacial score (nSPS) is 11.9. The molecule has 106 valence electrons. The Hall–Kier alpha value is -2.57. The molecule has 0 amide bonds. The van der Waals surface area contributed by atoms with Gasteiger partial charge in [0.15, 0.2) is 0 Å². The highest BCUT2D eigenvalue weighted by Crippen LogP contribution is 2.27. The van der Waals surface area contributed by atoms with Gasteiger partial charge in [-0.05, 0) is 19.9 Å². The van der Waals surface area contributed by atoms with Crippen LogP contribution in [0, 0.1) is 17.0 Å². The highest BCUT2D eigenvalue weighted by atomic mass is 16.6. The summed E-state index contributed by atoms with van der Waals surface area (Å²) in [4.78, 5) is 14.6. The monoisotopic (exact) mass is 276 g/mol. The van der Waals surface area contributed by atoms with Crippen LogP contribution in [-0.4, -0.2) is 17.0 Å². The molecule has 0 spiro atoms. The van der Waals surface area contributed by atoms with Gasteiger partial charge >= 0.3 is 0 Å². The molecule has 1 atom stereocenters. The van der Waals surface area contributed by atoms with E-state index < -0.39 is 4.92 Å². The zero-order valence-corrected chi connectivity index (χ0v) is 11.5. The lowest BCUT2D eigenvalue weighted by Crippen LogP contribution is -2.07. The Morgan fingerprint density at radius 2 is 2.05 bits per heavy atom. The van der Waals surface area contributed by atoms with Gasteiger partial charge in [-0.1, -0.05) is 0 Å². The summed E-state index contributed by atoms with van der Waals surface area (Å²) in [6.07, 6.45) is 1.64. The Labute approximate surface area is 116 Å². The van der Waals surface area contributed by atoms with Crippen molar-refractivity contribution in [3.63, 3.8) is 0 Å². The van der Waals surface area contributed by atoms with Gasteiger partial charge in [0.1, 0.15) is 11.8 Å². The van der Waals surface area contributed by atoms with Crippen molar-refractivity contribution in [3.05, 3.63) is 46.2 Å². The molecule has 0 aliphatic rings. The molecule has 1 unspecified atom stereocenters. The summed E-state index contributed by atoms with van der Waals surface area (Å²) < 4.78 is 5.43. The van der Waals surface area contributed by atoms with E-state index in [0.29, 0.717) is 17.3 Å². The Bertz CT molecular complexity index is 624. The molecule has 20 heavy (non-hydrogen) atoms. The van der Waals surface area contributed by atoms with Gasteiger partial charge in [-0.2, -0.15) is 0 Å². The number of nitrogens with zero attached hydrogens (tertiary/aromatic N) is 2. The fraction of sp³-hybridized carbons (Fsp3) is 0.308. The molecule has 0 saturated carbocycles. The predicted octanol–water partition coefficient (Wildman–Crippen LogP) is 3.11. The standard InChI is InChI=1S/C13H16N4O3/c1-8-7-15-13(20-8)9(2)16-11-4-10(14-3)5-12(6-11)17(18)19/h4-7,9,14,16H,1-3H3. The van der Waals surface area contributed by atoms with Gasteiger partial charge in [-0.3, -0.25) is 10.1 Å². The van der Waals surface area contributed by atoms with Crippen molar-refractivity contribution in [1.29, 1.82) is 0 Å². The molecule has 0 aliphatic heterocycles. The molecule has 7 heteroatoms. The zero-order chi connectivity index (χ0) is 14.7. The molecule has 0 bridgehead atoms. The van der Waals surface area contributed by atoms with Gasteiger partial charge < -0.3 is 15.1 Å². The molecule has 2 rings (SSSR count). The number of hydrogen-bond acceptors (Lipinski definition) is 6. The van der Waals surface area contributed by atoms with E-state index in [1.165, 1.54) is 12.1 Å². The van der Waals surface area contributed by atoms with Crippen LogP contribution >= 0.6 is 0 Å². The van der Waals surface area contributed by atoms with Crippen LogP contribution in [0.15, 0.2) is 28.8 Å². The molecular weight excluding hydrogens is 260 g/mol. The third-order valence-electron chi connectivity index (χ3n) is 2.81. The maximum absolute atomic E-state index is 10.9. The Morgan fingerprint density at radius 1 is 1.35 bits per heavy atom. The minimum Gasteiger partial charge on any atom is -0.444 e. The van der Waals surface area contributed by atoms with Crippen molar-refractivity contribution in [2.45, 2.75) is 19.9 Å². The van der Waals surface area contributed by atoms with Crippen LogP contribution in [0.1, 0.15) is 24.6 Å². The van der Waals surface area contributed by atoms with Crippen LogP contribution in [-0.2, 0) is 0 Å². The minimum atomic E-state index is -0.425. The summed E-state index contributed by atoms with van der Waals surface area (Å²) in [5.74, 6) is 1.27. The molecule has 0 fully saturated rings. The summed E-state index contributed by atoms with van der Waals surface area (Å²) in [5.41, 5.74) is 1.32. The molecule has 0 saturated heterocycles. The maximum Gasteiger partial charge on any atom is 0.273 e. The number of rotatable bonds is 5. The van der Waals surface area contributed by atoms with E-state index in [0.717, 1.165) is 5.76 Å². The summed E-state index contributed by atoms with van der Waals surface area (Å²) in [6.45, 7) is 3.69. The molecule has 0 aliphatic carbocycles. The van der Waals surface area contributed by atoms with E-state index in [9.17, 15) is 10.1 Å². The number of nitro benzene ring substituents is 1. The van der Waals surface area contributed by atoms with E-state index in [1.807, 2.05) is 13.8 Å². The summed E-state index contributed by atoms with van der Waals surface area (Å²) in [6, 6.07) is 4.56. The van der Waals surface area contributed by atoms with Crippen LogP contribution < -0.4 is 10.6 Å². The zero-order valence-electron chi connectivity index (χ0n) is 11.5. The number of nitrogens with one attached hydrogen (secondary N) is 2.